The van der Waals surface area contributed by atoms with Gasteiger partial charge in [0, 0.05) is 23.0 Å². The molecule has 1 heterocycles. The second kappa shape index (κ2) is 7.11. The van der Waals surface area contributed by atoms with E-state index in [-0.39, 0.29) is 11.8 Å². The number of hydrogen-bond donors (Lipinski definition) is 3. The third-order valence-corrected chi connectivity index (χ3v) is 4.09. The van der Waals surface area contributed by atoms with Crippen molar-refractivity contribution in [2.24, 2.45) is 0 Å². The van der Waals surface area contributed by atoms with Crippen LogP contribution in [0.2, 0.25) is 5.02 Å². The number of alkyl halides is 1. The van der Waals surface area contributed by atoms with Gasteiger partial charge < -0.3 is 16.0 Å². The average Bonchev–Trinajstić information content (AvgIpc) is 2.68. The fraction of sp³-hybridized carbons (Fsp3) is 0.176. The third-order valence-electron chi connectivity index (χ3n) is 3.58. The molecule has 2 aromatic rings. The molecule has 1 aliphatic heterocycles. The summed E-state index contributed by atoms with van der Waals surface area (Å²) in [4.78, 5) is 24.2. The van der Waals surface area contributed by atoms with E-state index in [1.165, 1.54) is 0 Å². The van der Waals surface area contributed by atoms with Gasteiger partial charge in [-0.3, -0.25) is 9.59 Å². The molecule has 24 heavy (non-hydrogen) atoms. The molecule has 2 aromatic carbocycles. The first-order valence-corrected chi connectivity index (χ1v) is 8.36. The lowest BCUT2D eigenvalue weighted by Crippen LogP contribution is -2.13. The normalized spacial score (nSPS) is 12.3. The summed E-state index contributed by atoms with van der Waals surface area (Å²) in [6.45, 7) is 0. The highest BCUT2D eigenvalue weighted by Crippen LogP contribution is 2.35. The van der Waals surface area contributed by atoms with Crippen LogP contribution >= 0.6 is 23.2 Å². The molecule has 0 aromatic heterocycles. The van der Waals surface area contributed by atoms with Gasteiger partial charge in [0.1, 0.15) is 0 Å². The minimum Gasteiger partial charge on any atom is -0.353 e. The summed E-state index contributed by atoms with van der Waals surface area (Å²) in [7, 11) is 0. The predicted molar refractivity (Wildman–Crippen MR) is 97.7 cm³/mol. The molecule has 0 bridgehead atoms. The summed E-state index contributed by atoms with van der Waals surface area (Å²) < 4.78 is 0. The fourth-order valence-electron chi connectivity index (χ4n) is 2.44. The van der Waals surface area contributed by atoms with Crippen LogP contribution in [-0.2, 0) is 4.79 Å². The number of carbonyl (C=O) groups excluding carboxylic acids is 2. The van der Waals surface area contributed by atoms with E-state index >= 15 is 0 Å². The van der Waals surface area contributed by atoms with Crippen LogP contribution in [0, 0.1) is 0 Å². The second-order valence-corrected chi connectivity index (χ2v) is 6.18. The SMILES string of the molecule is O=C(CCCCl)Nc1ccc2c(c1)NC(=O)c1ccc(Cl)cc1N2. The maximum Gasteiger partial charge on any atom is 0.257 e. The van der Waals surface area contributed by atoms with Crippen molar-refractivity contribution in [3.8, 4) is 0 Å². The molecule has 124 valence electrons. The molecule has 2 amide bonds. The Hall–Kier alpha value is -2.24. The van der Waals surface area contributed by atoms with Crippen molar-refractivity contribution in [2.75, 3.05) is 21.8 Å². The highest BCUT2D eigenvalue weighted by molar-refractivity contribution is 6.31. The Labute approximate surface area is 149 Å². The van der Waals surface area contributed by atoms with Crippen molar-refractivity contribution < 1.29 is 9.59 Å². The Balaban J connectivity index is 1.85. The number of anilines is 4. The number of halogens is 2. The van der Waals surface area contributed by atoms with Crippen LogP contribution < -0.4 is 16.0 Å². The molecule has 0 spiro atoms. The van der Waals surface area contributed by atoms with Gasteiger partial charge in [-0.05, 0) is 42.8 Å². The zero-order chi connectivity index (χ0) is 17.1. The minimum absolute atomic E-state index is 0.112. The lowest BCUT2D eigenvalue weighted by molar-refractivity contribution is -0.116. The number of benzene rings is 2. The lowest BCUT2D eigenvalue weighted by Gasteiger charge is -2.11. The van der Waals surface area contributed by atoms with E-state index in [0.717, 1.165) is 5.69 Å². The second-order valence-electron chi connectivity index (χ2n) is 5.37. The molecular formula is C17H15Cl2N3O2. The summed E-state index contributed by atoms with van der Waals surface area (Å²) in [5.41, 5.74) is 3.06. The molecule has 0 saturated carbocycles. The van der Waals surface area contributed by atoms with Crippen LogP contribution in [0.25, 0.3) is 0 Å². The van der Waals surface area contributed by atoms with Crippen molar-refractivity contribution in [3.05, 3.63) is 47.0 Å². The first-order valence-electron chi connectivity index (χ1n) is 7.44. The molecule has 0 atom stereocenters. The van der Waals surface area contributed by atoms with E-state index in [4.69, 9.17) is 23.2 Å². The van der Waals surface area contributed by atoms with Crippen molar-refractivity contribution in [2.45, 2.75) is 12.8 Å². The third kappa shape index (κ3) is 3.63. The van der Waals surface area contributed by atoms with Gasteiger partial charge in [-0.1, -0.05) is 11.6 Å². The maximum atomic E-state index is 12.4. The van der Waals surface area contributed by atoms with Gasteiger partial charge in [-0.2, -0.15) is 0 Å². The minimum atomic E-state index is -0.237. The molecule has 0 unspecified atom stereocenters. The fourth-order valence-corrected chi connectivity index (χ4v) is 2.74. The van der Waals surface area contributed by atoms with Gasteiger partial charge in [-0.25, -0.2) is 0 Å². The highest BCUT2D eigenvalue weighted by atomic mass is 35.5. The van der Waals surface area contributed by atoms with E-state index < -0.39 is 0 Å². The van der Waals surface area contributed by atoms with Gasteiger partial charge in [0.05, 0.1) is 22.6 Å². The van der Waals surface area contributed by atoms with Gasteiger partial charge in [0.2, 0.25) is 5.91 Å². The largest absolute Gasteiger partial charge is 0.353 e. The number of carbonyl (C=O) groups is 2. The van der Waals surface area contributed by atoms with Crippen LogP contribution in [0.1, 0.15) is 23.2 Å². The Kier molecular flexibility index (Phi) is 4.92. The molecule has 0 aliphatic carbocycles. The molecule has 1 aliphatic rings. The number of fused-ring (bicyclic) bond motifs is 2. The Morgan fingerprint density at radius 2 is 1.88 bits per heavy atom. The molecule has 0 fully saturated rings. The first kappa shape index (κ1) is 16.6. The van der Waals surface area contributed by atoms with Crippen LogP contribution in [0.5, 0.6) is 0 Å². The van der Waals surface area contributed by atoms with E-state index in [1.807, 2.05) is 0 Å². The Morgan fingerprint density at radius 1 is 1.04 bits per heavy atom. The summed E-state index contributed by atoms with van der Waals surface area (Å²) in [5, 5.41) is 9.37. The first-order chi connectivity index (χ1) is 11.6. The van der Waals surface area contributed by atoms with E-state index in [1.54, 1.807) is 36.4 Å². The van der Waals surface area contributed by atoms with Crippen LogP contribution in [0.15, 0.2) is 36.4 Å². The standard InChI is InChI=1S/C17H15Cl2N3O2/c18-7-1-2-16(23)20-11-4-6-13-15(9-11)22-17(24)12-5-3-10(19)8-14(12)21-13/h3-6,8-9,21H,1-2,7H2,(H,20,23)(H,22,24). The average molecular weight is 364 g/mol. The van der Waals surface area contributed by atoms with Crippen molar-refractivity contribution >= 4 is 57.8 Å². The number of hydrogen-bond acceptors (Lipinski definition) is 3. The van der Waals surface area contributed by atoms with Crippen molar-refractivity contribution in [1.29, 1.82) is 0 Å². The van der Waals surface area contributed by atoms with Gasteiger partial charge in [0.25, 0.3) is 5.91 Å². The topological polar surface area (TPSA) is 70.2 Å². The monoisotopic (exact) mass is 363 g/mol. The summed E-state index contributed by atoms with van der Waals surface area (Å²) in [6.07, 6.45) is 0.974. The Bertz CT molecular complexity index is 808. The van der Waals surface area contributed by atoms with Gasteiger partial charge in [0.15, 0.2) is 0 Å². The summed E-state index contributed by atoms with van der Waals surface area (Å²) >= 11 is 11.6. The lowest BCUT2D eigenvalue weighted by atomic mass is 10.1. The zero-order valence-electron chi connectivity index (χ0n) is 12.7. The van der Waals surface area contributed by atoms with Crippen molar-refractivity contribution in [3.63, 3.8) is 0 Å². The summed E-state index contributed by atoms with van der Waals surface area (Å²) in [6, 6.07) is 10.3. The molecular weight excluding hydrogens is 349 g/mol. The molecule has 0 saturated heterocycles. The number of nitrogens with one attached hydrogen (secondary N) is 3. The number of amides is 2. The van der Waals surface area contributed by atoms with Crippen molar-refractivity contribution in [1.82, 2.24) is 0 Å². The molecule has 5 nitrogen and oxygen atoms in total. The quantitative estimate of drug-likeness (QED) is 0.694. The van der Waals surface area contributed by atoms with Crippen LogP contribution in [-0.4, -0.2) is 17.7 Å². The van der Waals surface area contributed by atoms with Gasteiger partial charge >= 0.3 is 0 Å². The summed E-state index contributed by atoms with van der Waals surface area (Å²) in [5.74, 6) is 0.0930. The van der Waals surface area contributed by atoms with E-state index in [0.29, 0.717) is 46.4 Å². The van der Waals surface area contributed by atoms with E-state index in [2.05, 4.69) is 16.0 Å². The highest BCUT2D eigenvalue weighted by Gasteiger charge is 2.19. The smallest absolute Gasteiger partial charge is 0.257 e. The van der Waals surface area contributed by atoms with Crippen LogP contribution in [0.4, 0.5) is 22.7 Å². The predicted octanol–water partition coefficient (Wildman–Crippen LogP) is 4.61. The number of rotatable bonds is 4. The molecule has 7 heteroatoms. The molecule has 0 radical (unpaired) electrons. The zero-order valence-corrected chi connectivity index (χ0v) is 14.2. The van der Waals surface area contributed by atoms with E-state index in [9.17, 15) is 9.59 Å². The maximum absolute atomic E-state index is 12.4. The molecule has 3 N–H and O–H groups in total. The van der Waals surface area contributed by atoms with Crippen LogP contribution in [0.3, 0.4) is 0 Å². The van der Waals surface area contributed by atoms with Gasteiger partial charge in [-0.15, -0.1) is 11.6 Å². The molecule has 3 rings (SSSR count). The Morgan fingerprint density at radius 3 is 2.67 bits per heavy atom.